The van der Waals surface area contributed by atoms with Gasteiger partial charge in [-0.15, -0.1) is 10.2 Å². The van der Waals surface area contributed by atoms with Crippen LogP contribution in [-0.2, 0) is 20.9 Å². The Kier molecular flexibility index (Phi) is 7.06. The largest absolute Gasteiger partial charge is 0.374 e. The smallest absolute Gasteiger partial charge is 0.257 e. The highest BCUT2D eigenvalue weighted by atomic mass is 32.1. The lowest BCUT2D eigenvalue weighted by Gasteiger charge is -2.16. The summed E-state index contributed by atoms with van der Waals surface area (Å²) in [5.41, 5.74) is 1.76. The summed E-state index contributed by atoms with van der Waals surface area (Å²) in [6.07, 6.45) is 0.161. The Balaban J connectivity index is 1.32. The van der Waals surface area contributed by atoms with Crippen molar-refractivity contribution < 1.29 is 19.1 Å². The predicted molar refractivity (Wildman–Crippen MR) is 125 cm³/mol. The van der Waals surface area contributed by atoms with Gasteiger partial charge in [0, 0.05) is 36.5 Å². The van der Waals surface area contributed by atoms with Crippen LogP contribution in [0, 0.1) is 5.92 Å². The van der Waals surface area contributed by atoms with E-state index in [1.165, 1.54) is 11.3 Å². The van der Waals surface area contributed by atoms with Gasteiger partial charge in [-0.25, -0.2) is 0 Å². The maximum atomic E-state index is 12.7. The van der Waals surface area contributed by atoms with E-state index in [0.717, 1.165) is 5.69 Å². The molecule has 1 aliphatic rings. The third-order valence-electron chi connectivity index (χ3n) is 5.10. The van der Waals surface area contributed by atoms with Crippen molar-refractivity contribution >= 4 is 45.6 Å². The van der Waals surface area contributed by atoms with Gasteiger partial charge < -0.3 is 15.0 Å². The Bertz CT molecular complexity index is 1130. The summed E-state index contributed by atoms with van der Waals surface area (Å²) >= 11 is 1.25. The van der Waals surface area contributed by atoms with Gasteiger partial charge in [0.25, 0.3) is 5.91 Å². The minimum atomic E-state index is -0.441. The quantitative estimate of drug-likeness (QED) is 0.528. The summed E-state index contributed by atoms with van der Waals surface area (Å²) in [7, 11) is 0. The molecule has 3 amide bonds. The summed E-state index contributed by atoms with van der Waals surface area (Å²) < 4.78 is 5.28. The highest BCUT2D eigenvalue weighted by Gasteiger charge is 2.35. The van der Waals surface area contributed by atoms with E-state index in [1.54, 1.807) is 29.2 Å². The summed E-state index contributed by atoms with van der Waals surface area (Å²) in [6, 6.07) is 15.8. The number of hydrogen-bond acceptors (Lipinski definition) is 7. The van der Waals surface area contributed by atoms with Crippen molar-refractivity contribution in [2.24, 2.45) is 5.92 Å². The second-order valence-corrected chi connectivity index (χ2v) is 8.46. The molecule has 0 bridgehead atoms. The van der Waals surface area contributed by atoms with E-state index in [2.05, 4.69) is 20.8 Å². The van der Waals surface area contributed by atoms with E-state index in [0.29, 0.717) is 41.1 Å². The third kappa shape index (κ3) is 5.60. The number of aromatic nitrogens is 2. The van der Waals surface area contributed by atoms with Crippen molar-refractivity contribution in [3.63, 3.8) is 0 Å². The highest BCUT2D eigenvalue weighted by Crippen LogP contribution is 2.26. The number of nitrogens with zero attached hydrogens (tertiary/aromatic N) is 3. The lowest BCUT2D eigenvalue weighted by Crippen LogP contribution is -2.28. The van der Waals surface area contributed by atoms with Crippen molar-refractivity contribution in [3.8, 4) is 0 Å². The first-order valence-electron chi connectivity index (χ1n) is 10.5. The molecule has 0 saturated carbocycles. The van der Waals surface area contributed by atoms with Crippen LogP contribution in [-0.4, -0.2) is 41.1 Å². The fourth-order valence-electron chi connectivity index (χ4n) is 3.41. The average molecular weight is 466 g/mol. The van der Waals surface area contributed by atoms with Gasteiger partial charge in [0.05, 0.1) is 5.92 Å². The zero-order chi connectivity index (χ0) is 23.2. The van der Waals surface area contributed by atoms with Crippen molar-refractivity contribution in [2.75, 3.05) is 28.7 Å². The highest BCUT2D eigenvalue weighted by molar-refractivity contribution is 7.15. The Morgan fingerprint density at radius 1 is 1.09 bits per heavy atom. The minimum absolute atomic E-state index is 0.0746. The Morgan fingerprint density at radius 2 is 1.85 bits per heavy atom. The number of ether oxygens (including phenoxy) is 1. The molecular weight excluding hydrogens is 442 g/mol. The summed E-state index contributed by atoms with van der Waals surface area (Å²) in [4.78, 5) is 39.1. The molecule has 4 rings (SSSR count). The fraction of sp³-hybridized carbons (Fsp3) is 0.261. The molecule has 1 saturated heterocycles. The van der Waals surface area contributed by atoms with E-state index in [4.69, 9.17) is 4.74 Å². The van der Waals surface area contributed by atoms with Crippen molar-refractivity contribution in [3.05, 3.63) is 65.2 Å². The number of carbonyl (C=O) groups excluding carboxylic acids is 3. The van der Waals surface area contributed by atoms with Gasteiger partial charge in [0.2, 0.25) is 16.9 Å². The minimum Gasteiger partial charge on any atom is -0.374 e. The van der Waals surface area contributed by atoms with Crippen LogP contribution in [0.5, 0.6) is 0 Å². The first kappa shape index (κ1) is 22.6. The molecule has 2 heterocycles. The summed E-state index contributed by atoms with van der Waals surface area (Å²) in [5, 5.41) is 14.5. The fourth-order valence-corrected chi connectivity index (χ4v) is 4.08. The molecule has 2 N–H and O–H groups in total. The van der Waals surface area contributed by atoms with Gasteiger partial charge in [0.15, 0.2) is 0 Å². The van der Waals surface area contributed by atoms with E-state index < -0.39 is 5.92 Å². The third-order valence-corrected chi connectivity index (χ3v) is 5.91. The van der Waals surface area contributed by atoms with Gasteiger partial charge in [-0.3, -0.25) is 19.7 Å². The second-order valence-electron chi connectivity index (χ2n) is 7.40. The molecule has 0 aliphatic carbocycles. The lowest BCUT2D eigenvalue weighted by molar-refractivity contribution is -0.122. The van der Waals surface area contributed by atoms with Crippen LogP contribution in [0.4, 0.5) is 16.5 Å². The molecule has 1 aliphatic heterocycles. The van der Waals surface area contributed by atoms with Crippen LogP contribution >= 0.6 is 11.3 Å². The number of carbonyl (C=O) groups is 3. The molecule has 0 spiro atoms. The monoisotopic (exact) mass is 465 g/mol. The molecule has 1 fully saturated rings. The number of rotatable bonds is 8. The molecule has 3 aromatic rings. The van der Waals surface area contributed by atoms with Crippen molar-refractivity contribution in [1.29, 1.82) is 0 Å². The molecule has 10 heteroatoms. The molecule has 1 atom stereocenters. The van der Waals surface area contributed by atoms with Crippen molar-refractivity contribution in [1.82, 2.24) is 10.2 Å². The summed E-state index contributed by atoms with van der Waals surface area (Å²) in [6.45, 7) is 3.16. The number of nitrogens with one attached hydrogen (secondary N) is 2. The van der Waals surface area contributed by atoms with Crippen LogP contribution in [0.3, 0.4) is 0 Å². The standard InChI is InChI=1S/C23H23N5O4S/c1-2-32-14-19-26-27-23(33-19)25-21(30)15-8-10-17(11-9-15)24-22(31)16-12-20(29)28(13-16)18-6-4-3-5-7-18/h3-11,16H,2,12-14H2,1H3,(H,24,31)(H,25,27,30). The van der Waals surface area contributed by atoms with E-state index in [-0.39, 0.29) is 24.1 Å². The first-order chi connectivity index (χ1) is 16.0. The van der Waals surface area contributed by atoms with Crippen LogP contribution in [0.2, 0.25) is 0 Å². The number of hydrogen-bond donors (Lipinski definition) is 2. The van der Waals surface area contributed by atoms with Crippen LogP contribution in [0.25, 0.3) is 0 Å². The van der Waals surface area contributed by atoms with Crippen LogP contribution in [0.1, 0.15) is 28.7 Å². The zero-order valence-electron chi connectivity index (χ0n) is 18.0. The number of anilines is 3. The maximum Gasteiger partial charge on any atom is 0.257 e. The van der Waals surface area contributed by atoms with Gasteiger partial charge in [-0.05, 0) is 43.3 Å². The molecule has 1 aromatic heterocycles. The van der Waals surface area contributed by atoms with E-state index in [1.807, 2.05) is 37.3 Å². The zero-order valence-corrected chi connectivity index (χ0v) is 18.8. The lowest BCUT2D eigenvalue weighted by atomic mass is 10.1. The normalized spacial score (nSPS) is 15.5. The Hall–Kier alpha value is -3.63. The SMILES string of the molecule is CCOCc1nnc(NC(=O)c2ccc(NC(=O)C3CC(=O)N(c4ccccc4)C3)cc2)s1. The van der Waals surface area contributed by atoms with Gasteiger partial charge in [-0.1, -0.05) is 29.5 Å². The van der Waals surface area contributed by atoms with Crippen molar-refractivity contribution in [2.45, 2.75) is 20.0 Å². The molecule has 33 heavy (non-hydrogen) atoms. The second kappa shape index (κ2) is 10.3. The molecule has 9 nitrogen and oxygen atoms in total. The Labute approximate surface area is 194 Å². The maximum absolute atomic E-state index is 12.7. The number of amides is 3. The molecule has 1 unspecified atom stereocenters. The van der Waals surface area contributed by atoms with Gasteiger partial charge in [-0.2, -0.15) is 0 Å². The van der Waals surface area contributed by atoms with Gasteiger partial charge in [0.1, 0.15) is 11.6 Å². The average Bonchev–Trinajstić information content (AvgIpc) is 3.45. The summed E-state index contributed by atoms with van der Waals surface area (Å²) in [5.74, 6) is -1.07. The first-order valence-corrected chi connectivity index (χ1v) is 11.3. The molecular formula is C23H23N5O4S. The van der Waals surface area contributed by atoms with E-state index >= 15 is 0 Å². The van der Waals surface area contributed by atoms with Crippen LogP contribution < -0.4 is 15.5 Å². The van der Waals surface area contributed by atoms with Gasteiger partial charge >= 0.3 is 0 Å². The molecule has 2 aromatic carbocycles. The number of benzene rings is 2. The molecule has 0 radical (unpaired) electrons. The predicted octanol–water partition coefficient (Wildman–Crippen LogP) is 3.32. The number of para-hydroxylation sites is 1. The van der Waals surface area contributed by atoms with E-state index in [9.17, 15) is 14.4 Å². The molecule has 170 valence electrons. The Morgan fingerprint density at radius 3 is 2.58 bits per heavy atom. The topological polar surface area (TPSA) is 114 Å². The van der Waals surface area contributed by atoms with Crippen LogP contribution in [0.15, 0.2) is 54.6 Å².